The smallest absolute Gasteiger partial charge is 0.203 e. The molecule has 1 unspecified atom stereocenters. The van der Waals surface area contributed by atoms with Gasteiger partial charge in [0, 0.05) is 18.6 Å². The van der Waals surface area contributed by atoms with Crippen LogP contribution in [0.1, 0.15) is 18.0 Å². The average Bonchev–Trinajstić information content (AvgIpc) is 2.76. The number of hydrogen-bond acceptors (Lipinski definition) is 4. The topological polar surface area (TPSA) is 43.3 Å². The number of benzene rings is 3. The van der Waals surface area contributed by atoms with E-state index in [1.807, 2.05) is 48.5 Å². The maximum absolute atomic E-state index is 5.56. The Morgan fingerprint density at radius 3 is 1.93 bits per heavy atom. The molecule has 0 bridgehead atoms. The Labute approximate surface area is 171 Å². The van der Waals surface area contributed by atoms with E-state index in [-0.39, 0.29) is 6.04 Å². The molecule has 0 radical (unpaired) electrons. The molecule has 0 amide bonds. The molecular weight excluding hydrogens is 364 g/mol. The van der Waals surface area contributed by atoms with Crippen LogP contribution in [0, 0.1) is 0 Å². The van der Waals surface area contributed by atoms with Crippen LogP contribution in [0.3, 0.4) is 0 Å². The third-order valence-corrected chi connectivity index (χ3v) is 5.09. The van der Waals surface area contributed by atoms with Gasteiger partial charge in [-0.2, -0.15) is 0 Å². The predicted molar refractivity (Wildman–Crippen MR) is 116 cm³/mol. The van der Waals surface area contributed by atoms with Gasteiger partial charge in [0.05, 0.1) is 38.7 Å². The first kappa shape index (κ1) is 18.9. The molecule has 0 aliphatic carbocycles. The van der Waals surface area contributed by atoms with Gasteiger partial charge in [0.15, 0.2) is 11.5 Å². The maximum atomic E-state index is 5.56. The summed E-state index contributed by atoms with van der Waals surface area (Å²) in [6.45, 7) is 0. The summed E-state index contributed by atoms with van der Waals surface area (Å²) in [5.74, 6) is 2.83. The SMILES string of the molecule is COc1cc(N2C(=Nc3ccccc3)CC2c2ccccc2)cc(OC)c1OC. The predicted octanol–water partition coefficient (Wildman–Crippen LogP) is 5.39. The van der Waals surface area contributed by atoms with Gasteiger partial charge in [0.25, 0.3) is 0 Å². The number of ether oxygens (including phenoxy) is 3. The van der Waals surface area contributed by atoms with Gasteiger partial charge in [0.2, 0.25) is 5.75 Å². The molecule has 0 spiro atoms. The lowest BCUT2D eigenvalue weighted by molar-refractivity contribution is 0.324. The van der Waals surface area contributed by atoms with Crippen LogP contribution < -0.4 is 19.1 Å². The first-order valence-electron chi connectivity index (χ1n) is 9.52. The first-order valence-corrected chi connectivity index (χ1v) is 9.52. The number of methoxy groups -OCH3 is 3. The zero-order valence-electron chi connectivity index (χ0n) is 16.8. The van der Waals surface area contributed by atoms with E-state index in [1.54, 1.807) is 21.3 Å². The number of para-hydroxylation sites is 1. The highest BCUT2D eigenvalue weighted by Crippen LogP contribution is 2.46. The van der Waals surface area contributed by atoms with Crippen LogP contribution in [0.15, 0.2) is 77.8 Å². The number of nitrogens with zero attached hydrogens (tertiary/aromatic N) is 2. The van der Waals surface area contributed by atoms with Crippen LogP contribution >= 0.6 is 0 Å². The second kappa shape index (κ2) is 8.27. The molecule has 1 saturated heterocycles. The largest absolute Gasteiger partial charge is 0.493 e. The van der Waals surface area contributed by atoms with Crippen LogP contribution in [0.2, 0.25) is 0 Å². The van der Waals surface area contributed by atoms with E-state index >= 15 is 0 Å². The molecule has 1 aliphatic rings. The van der Waals surface area contributed by atoms with E-state index in [0.717, 1.165) is 23.6 Å². The second-order valence-electron chi connectivity index (χ2n) is 6.75. The molecule has 3 aromatic rings. The van der Waals surface area contributed by atoms with Crippen molar-refractivity contribution >= 4 is 17.2 Å². The molecule has 0 aromatic heterocycles. The Morgan fingerprint density at radius 2 is 1.38 bits per heavy atom. The number of rotatable bonds is 6. The Hall–Kier alpha value is -3.47. The maximum Gasteiger partial charge on any atom is 0.203 e. The van der Waals surface area contributed by atoms with Crippen molar-refractivity contribution in [1.82, 2.24) is 0 Å². The molecule has 3 aromatic carbocycles. The third kappa shape index (κ3) is 3.63. The van der Waals surface area contributed by atoms with Gasteiger partial charge < -0.3 is 19.1 Å². The van der Waals surface area contributed by atoms with E-state index in [2.05, 4.69) is 29.2 Å². The van der Waals surface area contributed by atoms with Gasteiger partial charge >= 0.3 is 0 Å². The van der Waals surface area contributed by atoms with Crippen molar-refractivity contribution in [3.05, 3.63) is 78.4 Å². The fourth-order valence-electron chi connectivity index (χ4n) is 3.66. The number of anilines is 1. The fourth-order valence-corrected chi connectivity index (χ4v) is 3.66. The summed E-state index contributed by atoms with van der Waals surface area (Å²) >= 11 is 0. The van der Waals surface area contributed by atoms with E-state index < -0.39 is 0 Å². The molecule has 4 rings (SSSR count). The molecule has 1 fully saturated rings. The summed E-state index contributed by atoms with van der Waals surface area (Å²) in [6.07, 6.45) is 0.857. The number of amidine groups is 1. The highest BCUT2D eigenvalue weighted by atomic mass is 16.5. The normalized spacial score (nSPS) is 17.0. The Kier molecular flexibility index (Phi) is 5.38. The summed E-state index contributed by atoms with van der Waals surface area (Å²) in [4.78, 5) is 7.11. The monoisotopic (exact) mass is 388 g/mol. The van der Waals surface area contributed by atoms with Crippen LogP contribution in [0.4, 0.5) is 11.4 Å². The first-order chi connectivity index (χ1) is 14.2. The minimum absolute atomic E-state index is 0.196. The Bertz CT molecular complexity index is 978. The molecule has 0 N–H and O–H groups in total. The Morgan fingerprint density at radius 1 is 0.793 bits per heavy atom. The van der Waals surface area contributed by atoms with E-state index in [4.69, 9.17) is 19.2 Å². The van der Waals surface area contributed by atoms with Crippen molar-refractivity contribution in [2.24, 2.45) is 4.99 Å². The van der Waals surface area contributed by atoms with Crippen molar-refractivity contribution in [2.45, 2.75) is 12.5 Å². The van der Waals surface area contributed by atoms with Crippen LogP contribution in [-0.2, 0) is 0 Å². The molecule has 5 heteroatoms. The quantitative estimate of drug-likeness (QED) is 0.567. The third-order valence-electron chi connectivity index (χ3n) is 5.09. The van der Waals surface area contributed by atoms with Crippen molar-refractivity contribution in [1.29, 1.82) is 0 Å². The minimum atomic E-state index is 0.196. The summed E-state index contributed by atoms with van der Waals surface area (Å²) < 4.78 is 16.6. The highest BCUT2D eigenvalue weighted by molar-refractivity contribution is 6.06. The molecule has 1 aliphatic heterocycles. The molecule has 1 atom stereocenters. The lowest BCUT2D eigenvalue weighted by Gasteiger charge is -2.44. The zero-order chi connectivity index (χ0) is 20.2. The van der Waals surface area contributed by atoms with Crippen LogP contribution in [-0.4, -0.2) is 27.2 Å². The summed E-state index contributed by atoms with van der Waals surface area (Å²) in [6, 6.07) is 24.6. The van der Waals surface area contributed by atoms with Crippen molar-refractivity contribution in [3.63, 3.8) is 0 Å². The second-order valence-corrected chi connectivity index (χ2v) is 6.75. The molecule has 1 heterocycles. The van der Waals surface area contributed by atoms with Gasteiger partial charge in [-0.3, -0.25) is 0 Å². The zero-order valence-corrected chi connectivity index (χ0v) is 16.8. The number of aliphatic imine (C=N–C) groups is 1. The molecular formula is C24H24N2O3. The van der Waals surface area contributed by atoms with Gasteiger partial charge in [-0.15, -0.1) is 0 Å². The standard InChI is InChI=1S/C24H24N2O3/c1-27-21-14-19(15-22(28-2)24(21)29-3)26-20(17-10-6-4-7-11-17)16-23(26)25-18-12-8-5-9-13-18/h4-15,20H,16H2,1-3H3. The van der Waals surface area contributed by atoms with E-state index in [9.17, 15) is 0 Å². The average molecular weight is 388 g/mol. The highest BCUT2D eigenvalue weighted by Gasteiger charge is 2.37. The van der Waals surface area contributed by atoms with Gasteiger partial charge in [-0.05, 0) is 17.7 Å². The lowest BCUT2D eigenvalue weighted by Crippen LogP contribution is -2.46. The lowest BCUT2D eigenvalue weighted by atomic mass is 9.92. The summed E-state index contributed by atoms with van der Waals surface area (Å²) in [5, 5.41) is 0. The number of hydrogen-bond donors (Lipinski definition) is 0. The van der Waals surface area contributed by atoms with E-state index in [1.165, 1.54) is 5.56 Å². The summed E-state index contributed by atoms with van der Waals surface area (Å²) in [5.41, 5.74) is 3.13. The van der Waals surface area contributed by atoms with Gasteiger partial charge in [-0.25, -0.2) is 4.99 Å². The minimum Gasteiger partial charge on any atom is -0.493 e. The molecule has 0 saturated carbocycles. The van der Waals surface area contributed by atoms with Gasteiger partial charge in [0.1, 0.15) is 5.84 Å². The molecule has 29 heavy (non-hydrogen) atoms. The van der Waals surface area contributed by atoms with Crippen molar-refractivity contribution in [3.8, 4) is 17.2 Å². The van der Waals surface area contributed by atoms with Crippen molar-refractivity contribution < 1.29 is 14.2 Å². The molecule has 148 valence electrons. The van der Waals surface area contributed by atoms with Gasteiger partial charge in [-0.1, -0.05) is 48.5 Å². The van der Waals surface area contributed by atoms with Crippen molar-refractivity contribution in [2.75, 3.05) is 26.2 Å². The molecule has 5 nitrogen and oxygen atoms in total. The van der Waals surface area contributed by atoms with Crippen LogP contribution in [0.5, 0.6) is 17.2 Å². The van der Waals surface area contributed by atoms with E-state index in [0.29, 0.717) is 17.2 Å². The fraction of sp³-hybridized carbons (Fsp3) is 0.208. The Balaban J connectivity index is 1.80. The summed E-state index contributed by atoms with van der Waals surface area (Å²) in [7, 11) is 4.87. The van der Waals surface area contributed by atoms with Crippen LogP contribution in [0.25, 0.3) is 0 Å².